The molecule has 0 aliphatic rings. The summed E-state index contributed by atoms with van der Waals surface area (Å²) in [5, 5.41) is 9.14. The fourth-order valence-electron chi connectivity index (χ4n) is 1.71. The third-order valence-electron chi connectivity index (χ3n) is 2.72. The Bertz CT molecular complexity index is 611. The van der Waals surface area contributed by atoms with Crippen molar-refractivity contribution in [2.75, 3.05) is 7.11 Å². The van der Waals surface area contributed by atoms with Crippen LogP contribution in [0.25, 0.3) is 0 Å². The molecule has 1 N–H and O–H groups in total. The van der Waals surface area contributed by atoms with Crippen LogP contribution < -0.4 is 9.47 Å². The van der Waals surface area contributed by atoms with Gasteiger partial charge in [0.1, 0.15) is 6.61 Å². The van der Waals surface area contributed by atoms with E-state index in [1.54, 1.807) is 6.07 Å². The van der Waals surface area contributed by atoms with E-state index in [1.165, 1.54) is 13.2 Å². The number of hydrogen-bond donors (Lipinski definition) is 1. The number of carboxylic acids is 1. The Morgan fingerprint density at radius 3 is 2.50 bits per heavy atom. The number of methoxy groups -OCH3 is 1. The van der Waals surface area contributed by atoms with Gasteiger partial charge in [-0.1, -0.05) is 30.3 Å². The summed E-state index contributed by atoms with van der Waals surface area (Å²) in [5.41, 5.74) is 1.21. The second kappa shape index (κ2) is 6.60. The molecule has 0 aliphatic heterocycles. The monoisotopic (exact) mass is 384 g/mol. The SMILES string of the molecule is COc1cc(I)c(C(=O)O)cc1OCc1ccccc1. The lowest BCUT2D eigenvalue weighted by molar-refractivity contribution is 0.0695. The van der Waals surface area contributed by atoms with Gasteiger partial charge in [0, 0.05) is 3.57 Å². The van der Waals surface area contributed by atoms with Crippen LogP contribution in [0.1, 0.15) is 15.9 Å². The van der Waals surface area contributed by atoms with Crippen LogP contribution in [0.4, 0.5) is 0 Å². The van der Waals surface area contributed by atoms with E-state index in [2.05, 4.69) is 0 Å². The Balaban J connectivity index is 2.25. The van der Waals surface area contributed by atoms with E-state index in [0.29, 0.717) is 21.7 Å². The van der Waals surface area contributed by atoms with Crippen molar-refractivity contribution in [1.29, 1.82) is 0 Å². The van der Waals surface area contributed by atoms with Gasteiger partial charge in [-0.2, -0.15) is 0 Å². The summed E-state index contributed by atoms with van der Waals surface area (Å²) >= 11 is 1.96. The first-order valence-electron chi connectivity index (χ1n) is 5.89. The van der Waals surface area contributed by atoms with Gasteiger partial charge in [0.25, 0.3) is 0 Å². The second-order valence-electron chi connectivity index (χ2n) is 4.06. The molecule has 104 valence electrons. The van der Waals surface area contributed by atoms with E-state index in [-0.39, 0.29) is 5.56 Å². The molecule has 4 nitrogen and oxygen atoms in total. The van der Waals surface area contributed by atoms with Gasteiger partial charge < -0.3 is 14.6 Å². The average Bonchev–Trinajstić information content (AvgIpc) is 2.46. The van der Waals surface area contributed by atoms with E-state index in [1.807, 2.05) is 52.9 Å². The summed E-state index contributed by atoms with van der Waals surface area (Å²) in [5.74, 6) is -0.0360. The lowest BCUT2D eigenvalue weighted by Gasteiger charge is -2.12. The summed E-state index contributed by atoms with van der Waals surface area (Å²) in [7, 11) is 1.53. The second-order valence-corrected chi connectivity index (χ2v) is 5.22. The van der Waals surface area contributed by atoms with E-state index in [4.69, 9.17) is 14.6 Å². The number of benzene rings is 2. The number of rotatable bonds is 5. The van der Waals surface area contributed by atoms with Crippen LogP contribution in [0.15, 0.2) is 42.5 Å². The molecule has 0 heterocycles. The van der Waals surface area contributed by atoms with Gasteiger partial charge >= 0.3 is 5.97 Å². The molecular formula is C15H13IO4. The zero-order chi connectivity index (χ0) is 14.5. The topological polar surface area (TPSA) is 55.8 Å². The quantitative estimate of drug-likeness (QED) is 0.801. The fourth-order valence-corrected chi connectivity index (χ4v) is 2.38. The number of hydrogen-bond acceptors (Lipinski definition) is 3. The minimum Gasteiger partial charge on any atom is -0.493 e. The van der Waals surface area contributed by atoms with Gasteiger partial charge in [-0.3, -0.25) is 0 Å². The Morgan fingerprint density at radius 2 is 1.90 bits per heavy atom. The third-order valence-corrected chi connectivity index (χ3v) is 3.61. The summed E-state index contributed by atoms with van der Waals surface area (Å²) in [6.45, 7) is 0.358. The van der Waals surface area contributed by atoms with Gasteiger partial charge in [-0.15, -0.1) is 0 Å². The lowest BCUT2D eigenvalue weighted by atomic mass is 10.2. The van der Waals surface area contributed by atoms with Crippen molar-refractivity contribution < 1.29 is 19.4 Å². The van der Waals surface area contributed by atoms with E-state index in [0.717, 1.165) is 5.56 Å². The molecule has 2 rings (SSSR count). The number of carboxylic acid groups (broad SMARTS) is 1. The van der Waals surface area contributed by atoms with Crippen molar-refractivity contribution in [3.8, 4) is 11.5 Å². The smallest absolute Gasteiger partial charge is 0.336 e. The maximum atomic E-state index is 11.1. The van der Waals surface area contributed by atoms with E-state index < -0.39 is 5.97 Å². The molecule has 2 aromatic rings. The Hall–Kier alpha value is -1.76. The Morgan fingerprint density at radius 1 is 1.20 bits per heavy atom. The van der Waals surface area contributed by atoms with Gasteiger partial charge in [-0.25, -0.2) is 4.79 Å². The average molecular weight is 384 g/mol. The number of aromatic carboxylic acids is 1. The molecule has 20 heavy (non-hydrogen) atoms. The van der Waals surface area contributed by atoms with Crippen LogP contribution >= 0.6 is 22.6 Å². The van der Waals surface area contributed by atoms with Crippen molar-refractivity contribution in [3.63, 3.8) is 0 Å². The van der Waals surface area contributed by atoms with Gasteiger partial charge in [0.15, 0.2) is 11.5 Å². The Labute approximate surface area is 130 Å². The molecule has 5 heteroatoms. The fraction of sp³-hybridized carbons (Fsp3) is 0.133. The molecule has 0 atom stereocenters. The highest BCUT2D eigenvalue weighted by Gasteiger charge is 2.15. The van der Waals surface area contributed by atoms with Gasteiger partial charge in [0.05, 0.1) is 12.7 Å². The first-order valence-corrected chi connectivity index (χ1v) is 6.97. The minimum absolute atomic E-state index is 0.203. The highest BCUT2D eigenvalue weighted by atomic mass is 127. The van der Waals surface area contributed by atoms with Crippen LogP contribution in [0, 0.1) is 3.57 Å². The van der Waals surface area contributed by atoms with Crippen LogP contribution in [0.2, 0.25) is 0 Å². The highest BCUT2D eigenvalue weighted by Crippen LogP contribution is 2.32. The van der Waals surface area contributed by atoms with E-state index in [9.17, 15) is 4.79 Å². The number of halogens is 1. The van der Waals surface area contributed by atoms with Gasteiger partial charge in [-0.05, 0) is 40.3 Å². The molecule has 0 unspecified atom stereocenters. The largest absolute Gasteiger partial charge is 0.493 e. The predicted octanol–water partition coefficient (Wildman–Crippen LogP) is 3.58. The third kappa shape index (κ3) is 3.41. The highest BCUT2D eigenvalue weighted by molar-refractivity contribution is 14.1. The molecule has 0 saturated carbocycles. The first-order chi connectivity index (χ1) is 9.61. The summed E-state index contributed by atoms with van der Waals surface area (Å²) in [6.07, 6.45) is 0. The van der Waals surface area contributed by atoms with Gasteiger partial charge in [0.2, 0.25) is 0 Å². The van der Waals surface area contributed by atoms with Crippen molar-refractivity contribution in [1.82, 2.24) is 0 Å². The molecule has 0 bridgehead atoms. The normalized spacial score (nSPS) is 10.1. The molecular weight excluding hydrogens is 371 g/mol. The predicted molar refractivity (Wildman–Crippen MR) is 83.4 cm³/mol. The zero-order valence-electron chi connectivity index (χ0n) is 10.8. The summed E-state index contributed by atoms with van der Waals surface area (Å²) in [4.78, 5) is 11.1. The summed E-state index contributed by atoms with van der Waals surface area (Å²) in [6, 6.07) is 12.8. The zero-order valence-corrected chi connectivity index (χ0v) is 13.0. The molecule has 0 radical (unpaired) electrons. The van der Waals surface area contributed by atoms with Crippen molar-refractivity contribution in [2.45, 2.75) is 6.61 Å². The summed E-state index contributed by atoms with van der Waals surface area (Å²) < 4.78 is 11.5. The van der Waals surface area contributed by atoms with Crippen molar-refractivity contribution in [2.24, 2.45) is 0 Å². The van der Waals surface area contributed by atoms with Crippen LogP contribution in [0.3, 0.4) is 0 Å². The van der Waals surface area contributed by atoms with Crippen molar-refractivity contribution >= 4 is 28.6 Å². The molecule has 0 aromatic heterocycles. The maximum absolute atomic E-state index is 11.1. The molecule has 0 saturated heterocycles. The molecule has 2 aromatic carbocycles. The molecule has 0 spiro atoms. The van der Waals surface area contributed by atoms with E-state index >= 15 is 0 Å². The molecule has 0 amide bonds. The van der Waals surface area contributed by atoms with Crippen LogP contribution in [-0.2, 0) is 6.61 Å². The lowest BCUT2D eigenvalue weighted by Crippen LogP contribution is -2.03. The molecule has 0 fully saturated rings. The van der Waals surface area contributed by atoms with Crippen molar-refractivity contribution in [3.05, 3.63) is 57.2 Å². The number of carbonyl (C=O) groups is 1. The minimum atomic E-state index is -0.985. The number of ether oxygens (including phenoxy) is 2. The first kappa shape index (κ1) is 14.6. The standard InChI is InChI=1S/C15H13IO4/c1-19-13-8-12(16)11(15(17)18)7-14(13)20-9-10-5-3-2-4-6-10/h2-8H,9H2,1H3,(H,17,18). The maximum Gasteiger partial charge on any atom is 0.336 e. The van der Waals surface area contributed by atoms with Crippen LogP contribution in [-0.4, -0.2) is 18.2 Å². The molecule has 0 aliphatic carbocycles. The van der Waals surface area contributed by atoms with Crippen LogP contribution in [0.5, 0.6) is 11.5 Å². The Kier molecular flexibility index (Phi) is 4.84.